The van der Waals surface area contributed by atoms with Gasteiger partial charge in [-0.2, -0.15) is 0 Å². The van der Waals surface area contributed by atoms with Crippen LogP contribution in [0.2, 0.25) is 5.02 Å². The predicted molar refractivity (Wildman–Crippen MR) is 121 cm³/mol. The minimum Gasteiger partial charge on any atom is -0.457 e. The summed E-state index contributed by atoms with van der Waals surface area (Å²) in [4.78, 5) is 25.6. The third-order valence-corrected chi connectivity index (χ3v) is 6.57. The second-order valence-corrected chi connectivity index (χ2v) is 8.99. The van der Waals surface area contributed by atoms with Crippen LogP contribution in [0.15, 0.2) is 46.9 Å². The van der Waals surface area contributed by atoms with E-state index in [9.17, 15) is 9.59 Å². The molecule has 0 aliphatic heterocycles. The Hall–Kier alpha value is -2.83. The van der Waals surface area contributed by atoms with Crippen LogP contribution in [0.3, 0.4) is 0 Å². The van der Waals surface area contributed by atoms with Crippen molar-refractivity contribution in [1.82, 2.24) is 0 Å². The van der Waals surface area contributed by atoms with Crippen molar-refractivity contribution >= 4 is 45.8 Å². The van der Waals surface area contributed by atoms with Crippen molar-refractivity contribution in [2.75, 3.05) is 5.32 Å². The van der Waals surface area contributed by atoms with Crippen LogP contribution in [0, 0.1) is 5.92 Å². The highest BCUT2D eigenvalue weighted by Gasteiger charge is 2.26. The summed E-state index contributed by atoms with van der Waals surface area (Å²) in [6, 6.07) is 10.9. The van der Waals surface area contributed by atoms with Crippen LogP contribution < -0.4 is 11.1 Å². The number of benzene rings is 1. The van der Waals surface area contributed by atoms with Crippen LogP contribution in [-0.2, 0) is 17.6 Å². The van der Waals surface area contributed by atoms with Gasteiger partial charge in [0.1, 0.15) is 16.5 Å². The number of carbonyl (C=O) groups is 2. The number of furan rings is 1. The van der Waals surface area contributed by atoms with Crippen LogP contribution in [0.25, 0.3) is 17.4 Å². The smallest absolute Gasteiger partial charge is 0.251 e. The molecule has 0 spiro atoms. The fourth-order valence-corrected chi connectivity index (χ4v) is 5.17. The van der Waals surface area contributed by atoms with Gasteiger partial charge in [-0.15, -0.1) is 11.3 Å². The normalized spacial score (nSPS) is 15.9. The number of hydrogen-bond donors (Lipinski definition) is 2. The summed E-state index contributed by atoms with van der Waals surface area (Å²) < 4.78 is 5.77. The average Bonchev–Trinajstić information content (AvgIpc) is 3.31. The largest absolute Gasteiger partial charge is 0.457 e. The molecule has 1 aliphatic rings. The van der Waals surface area contributed by atoms with Gasteiger partial charge < -0.3 is 15.5 Å². The predicted octanol–water partition coefficient (Wildman–Crippen LogP) is 5.54. The third-order valence-electron chi connectivity index (χ3n) is 5.15. The number of primary amides is 1. The number of fused-ring (bicyclic) bond motifs is 1. The first kappa shape index (κ1) is 20.4. The monoisotopic (exact) mass is 440 g/mol. The standard InChI is InChI=1S/C23H21ClN2O3S/c1-13-2-9-17-19(12-13)30-23(21(17)22(25)28)26-20(27)11-8-16-7-10-18(29-16)14-3-5-15(24)6-4-14/h3-8,10-11,13H,2,9,12H2,1H3,(H2,25,28)(H,26,27)/b11-8+/t13-/m1/s1. The average molecular weight is 441 g/mol. The molecule has 154 valence electrons. The van der Waals surface area contributed by atoms with Gasteiger partial charge in [0.05, 0.1) is 5.56 Å². The van der Waals surface area contributed by atoms with Gasteiger partial charge in [0, 0.05) is 21.5 Å². The quantitative estimate of drug-likeness (QED) is 0.511. The molecule has 0 saturated heterocycles. The lowest BCUT2D eigenvalue weighted by Crippen LogP contribution is -2.18. The van der Waals surface area contributed by atoms with Crippen molar-refractivity contribution in [2.45, 2.75) is 26.2 Å². The maximum absolute atomic E-state index is 12.5. The van der Waals surface area contributed by atoms with E-state index in [2.05, 4.69) is 12.2 Å². The highest BCUT2D eigenvalue weighted by molar-refractivity contribution is 7.17. The summed E-state index contributed by atoms with van der Waals surface area (Å²) in [5.41, 5.74) is 7.94. The van der Waals surface area contributed by atoms with E-state index in [1.54, 1.807) is 24.3 Å². The Balaban J connectivity index is 1.48. The number of amides is 2. The molecule has 1 atom stereocenters. The summed E-state index contributed by atoms with van der Waals surface area (Å²) in [6.45, 7) is 2.19. The highest BCUT2D eigenvalue weighted by atomic mass is 35.5. The molecular formula is C23H21ClN2O3S. The van der Waals surface area contributed by atoms with Gasteiger partial charge in [0.15, 0.2) is 0 Å². The number of anilines is 1. The number of rotatable bonds is 5. The maximum atomic E-state index is 12.5. The molecule has 30 heavy (non-hydrogen) atoms. The van der Waals surface area contributed by atoms with E-state index in [0.717, 1.165) is 35.3 Å². The van der Waals surface area contributed by atoms with Crippen LogP contribution in [0.5, 0.6) is 0 Å². The summed E-state index contributed by atoms with van der Waals surface area (Å²) in [6.07, 6.45) is 5.72. The molecule has 4 rings (SSSR count). The number of nitrogens with two attached hydrogens (primary N) is 1. The molecule has 5 nitrogen and oxygen atoms in total. The number of nitrogens with one attached hydrogen (secondary N) is 1. The zero-order chi connectivity index (χ0) is 21.3. The number of hydrogen-bond acceptors (Lipinski definition) is 4. The fraction of sp³-hybridized carbons (Fsp3) is 0.217. The molecule has 1 aliphatic carbocycles. The number of thiophene rings is 1. The van der Waals surface area contributed by atoms with Crippen molar-refractivity contribution in [3.05, 3.63) is 69.3 Å². The van der Waals surface area contributed by atoms with E-state index in [1.165, 1.54) is 17.4 Å². The SMILES string of the molecule is C[C@@H]1CCc2c(sc(NC(=O)/C=C/c3ccc(-c4ccc(Cl)cc4)o3)c2C(N)=O)C1. The first-order chi connectivity index (χ1) is 14.4. The molecule has 0 unspecified atom stereocenters. The van der Waals surface area contributed by atoms with Gasteiger partial charge >= 0.3 is 0 Å². The molecule has 3 N–H and O–H groups in total. The molecule has 2 amide bonds. The number of halogens is 1. The van der Waals surface area contributed by atoms with E-state index >= 15 is 0 Å². The molecule has 0 radical (unpaired) electrons. The van der Waals surface area contributed by atoms with E-state index < -0.39 is 5.91 Å². The summed E-state index contributed by atoms with van der Waals surface area (Å²) >= 11 is 7.36. The molecule has 2 heterocycles. The molecule has 0 saturated carbocycles. The molecule has 2 aromatic heterocycles. The van der Waals surface area contributed by atoms with E-state index in [-0.39, 0.29) is 5.91 Å². The molecule has 3 aromatic rings. The second kappa shape index (κ2) is 8.50. The Morgan fingerprint density at radius 1 is 1.23 bits per heavy atom. The summed E-state index contributed by atoms with van der Waals surface area (Å²) in [7, 11) is 0. The van der Waals surface area contributed by atoms with Crippen molar-refractivity contribution in [2.24, 2.45) is 11.7 Å². The van der Waals surface area contributed by atoms with Crippen molar-refractivity contribution < 1.29 is 14.0 Å². The first-order valence-electron chi connectivity index (χ1n) is 9.70. The van der Waals surface area contributed by atoms with Gasteiger partial charge in [0.25, 0.3) is 5.91 Å². The minimum absolute atomic E-state index is 0.339. The Morgan fingerprint density at radius 2 is 2.00 bits per heavy atom. The van der Waals surface area contributed by atoms with Gasteiger partial charge in [-0.05, 0) is 73.2 Å². The first-order valence-corrected chi connectivity index (χ1v) is 10.9. The van der Waals surface area contributed by atoms with Crippen LogP contribution in [-0.4, -0.2) is 11.8 Å². The van der Waals surface area contributed by atoms with Crippen LogP contribution in [0.4, 0.5) is 5.00 Å². The summed E-state index contributed by atoms with van der Waals surface area (Å²) in [5.74, 6) is 0.954. The number of carbonyl (C=O) groups excluding carboxylic acids is 2. The highest BCUT2D eigenvalue weighted by Crippen LogP contribution is 2.39. The van der Waals surface area contributed by atoms with Gasteiger partial charge in [-0.25, -0.2) is 0 Å². The fourth-order valence-electron chi connectivity index (χ4n) is 3.62. The molecule has 0 bridgehead atoms. The van der Waals surface area contributed by atoms with Crippen LogP contribution in [0.1, 0.15) is 39.9 Å². The van der Waals surface area contributed by atoms with E-state index in [0.29, 0.717) is 33.0 Å². The molecule has 1 aromatic carbocycles. The van der Waals surface area contributed by atoms with Gasteiger partial charge in [-0.1, -0.05) is 18.5 Å². The molecular weight excluding hydrogens is 420 g/mol. The van der Waals surface area contributed by atoms with E-state index in [4.69, 9.17) is 21.8 Å². The zero-order valence-electron chi connectivity index (χ0n) is 16.4. The lowest BCUT2D eigenvalue weighted by atomic mass is 9.88. The minimum atomic E-state index is -0.500. The second-order valence-electron chi connectivity index (χ2n) is 7.45. The Bertz CT molecular complexity index is 1130. The Labute approximate surface area is 183 Å². The van der Waals surface area contributed by atoms with E-state index in [1.807, 2.05) is 18.2 Å². The van der Waals surface area contributed by atoms with Crippen molar-refractivity contribution in [1.29, 1.82) is 0 Å². The lowest BCUT2D eigenvalue weighted by molar-refractivity contribution is -0.111. The van der Waals surface area contributed by atoms with Gasteiger partial charge in [0.2, 0.25) is 5.91 Å². The lowest BCUT2D eigenvalue weighted by Gasteiger charge is -2.18. The molecule has 0 fully saturated rings. The maximum Gasteiger partial charge on any atom is 0.251 e. The van der Waals surface area contributed by atoms with Crippen LogP contribution >= 0.6 is 22.9 Å². The van der Waals surface area contributed by atoms with Crippen molar-refractivity contribution in [3.63, 3.8) is 0 Å². The van der Waals surface area contributed by atoms with Crippen molar-refractivity contribution in [3.8, 4) is 11.3 Å². The Morgan fingerprint density at radius 3 is 2.73 bits per heavy atom. The third kappa shape index (κ3) is 4.35. The zero-order valence-corrected chi connectivity index (χ0v) is 18.0. The Kier molecular flexibility index (Phi) is 5.79. The summed E-state index contributed by atoms with van der Waals surface area (Å²) in [5, 5.41) is 3.99. The van der Waals surface area contributed by atoms with Gasteiger partial charge in [-0.3, -0.25) is 9.59 Å². The molecule has 7 heteroatoms. The topological polar surface area (TPSA) is 85.3 Å².